The zero-order valence-corrected chi connectivity index (χ0v) is 13.7. The molecule has 1 aromatic heterocycles. The van der Waals surface area contributed by atoms with Gasteiger partial charge in [0.2, 0.25) is 0 Å². The van der Waals surface area contributed by atoms with Gasteiger partial charge in [0.15, 0.2) is 0 Å². The van der Waals surface area contributed by atoms with Gasteiger partial charge in [-0.05, 0) is 47.3 Å². The van der Waals surface area contributed by atoms with Crippen LogP contribution in [0.15, 0.2) is 59.5 Å². The van der Waals surface area contributed by atoms with Crippen LogP contribution in [-0.4, -0.2) is 29.9 Å². The number of carbonyl (C=O) groups is 1. The van der Waals surface area contributed by atoms with E-state index < -0.39 is 0 Å². The number of hydrogen-bond donors (Lipinski definition) is 2. The van der Waals surface area contributed by atoms with E-state index in [0.29, 0.717) is 17.5 Å². The summed E-state index contributed by atoms with van der Waals surface area (Å²) in [5.74, 6) is -0.0122. The van der Waals surface area contributed by atoms with Crippen LogP contribution in [0.3, 0.4) is 0 Å². The number of carbonyl (C=O) groups excluding carboxylic acids is 1. The molecule has 0 aliphatic carbocycles. The molecule has 122 valence electrons. The molecule has 0 saturated heterocycles. The number of fused-ring (bicyclic) bond motifs is 1. The second-order valence-electron chi connectivity index (χ2n) is 5.86. The number of rotatable bonds is 4. The molecule has 1 heterocycles. The second-order valence-corrected chi connectivity index (χ2v) is 5.86. The Bertz CT molecular complexity index is 944. The fourth-order valence-corrected chi connectivity index (χ4v) is 2.58. The summed E-state index contributed by atoms with van der Waals surface area (Å²) < 4.78 is 0. The van der Waals surface area contributed by atoms with E-state index in [9.17, 15) is 9.59 Å². The first kappa shape index (κ1) is 15.8. The Hall–Kier alpha value is -3.08. The van der Waals surface area contributed by atoms with E-state index >= 15 is 0 Å². The van der Waals surface area contributed by atoms with Crippen LogP contribution >= 0.6 is 0 Å². The van der Waals surface area contributed by atoms with Crippen molar-refractivity contribution in [2.75, 3.05) is 19.4 Å². The average molecular weight is 321 g/mol. The summed E-state index contributed by atoms with van der Waals surface area (Å²) in [4.78, 5) is 28.0. The normalized spacial score (nSPS) is 10.6. The lowest BCUT2D eigenvalue weighted by Gasteiger charge is -2.12. The molecule has 1 amide bonds. The van der Waals surface area contributed by atoms with Gasteiger partial charge in [0, 0.05) is 43.5 Å². The van der Waals surface area contributed by atoms with Crippen molar-refractivity contribution in [3.63, 3.8) is 0 Å². The quantitative estimate of drug-likeness (QED) is 0.776. The van der Waals surface area contributed by atoms with Crippen LogP contribution in [-0.2, 0) is 6.54 Å². The molecule has 5 heteroatoms. The molecule has 24 heavy (non-hydrogen) atoms. The lowest BCUT2D eigenvalue weighted by molar-refractivity contribution is 0.0827. The van der Waals surface area contributed by atoms with Gasteiger partial charge in [-0.2, -0.15) is 0 Å². The monoisotopic (exact) mass is 321 g/mol. The van der Waals surface area contributed by atoms with Gasteiger partial charge in [0.25, 0.3) is 11.5 Å². The van der Waals surface area contributed by atoms with E-state index in [-0.39, 0.29) is 11.5 Å². The van der Waals surface area contributed by atoms with E-state index in [2.05, 4.69) is 10.3 Å². The number of hydrogen-bond acceptors (Lipinski definition) is 3. The number of nitrogens with zero attached hydrogens (tertiary/aromatic N) is 1. The van der Waals surface area contributed by atoms with Crippen LogP contribution in [0, 0.1) is 0 Å². The number of aromatic nitrogens is 1. The fraction of sp³-hybridized carbons (Fsp3) is 0.158. The Morgan fingerprint density at radius 2 is 1.96 bits per heavy atom. The van der Waals surface area contributed by atoms with Crippen molar-refractivity contribution in [1.82, 2.24) is 9.88 Å². The van der Waals surface area contributed by atoms with E-state index in [1.807, 2.05) is 48.5 Å². The zero-order chi connectivity index (χ0) is 17.1. The predicted octanol–water partition coefficient (Wildman–Crippen LogP) is 2.84. The minimum absolute atomic E-state index is 0.0122. The summed E-state index contributed by atoms with van der Waals surface area (Å²) in [5, 5.41) is 4.89. The van der Waals surface area contributed by atoms with E-state index in [0.717, 1.165) is 16.6 Å². The maximum atomic E-state index is 12.0. The lowest BCUT2D eigenvalue weighted by Crippen LogP contribution is -2.21. The second kappa shape index (κ2) is 6.58. The summed E-state index contributed by atoms with van der Waals surface area (Å²) in [6.07, 6.45) is 1.64. The van der Waals surface area contributed by atoms with Crippen molar-refractivity contribution in [3.8, 4) is 0 Å². The highest BCUT2D eigenvalue weighted by Gasteiger charge is 2.08. The first-order valence-electron chi connectivity index (χ1n) is 7.70. The van der Waals surface area contributed by atoms with Crippen molar-refractivity contribution < 1.29 is 4.79 Å². The molecule has 3 aromatic rings. The number of aromatic amines is 1. The smallest absolute Gasteiger partial charge is 0.255 e. The Morgan fingerprint density at radius 3 is 2.75 bits per heavy atom. The molecule has 0 bridgehead atoms. The zero-order valence-electron chi connectivity index (χ0n) is 13.7. The first-order chi connectivity index (χ1) is 11.5. The van der Waals surface area contributed by atoms with Crippen LogP contribution in [0.1, 0.15) is 15.9 Å². The largest absolute Gasteiger partial charge is 0.381 e. The molecule has 5 nitrogen and oxygen atoms in total. The third-order valence-electron chi connectivity index (χ3n) is 3.85. The standard InChI is InChI=1S/C19H19N3O2/c1-22(2)19(24)15-5-3-4-13(10-15)12-21-16-6-7-17-14(11-16)8-9-20-18(17)23/h3-11,21H,12H2,1-2H3,(H,20,23). The Labute approximate surface area is 139 Å². The highest BCUT2D eigenvalue weighted by molar-refractivity contribution is 5.94. The third kappa shape index (κ3) is 3.30. The minimum Gasteiger partial charge on any atom is -0.381 e. The fourth-order valence-electron chi connectivity index (χ4n) is 2.58. The predicted molar refractivity (Wildman–Crippen MR) is 96.4 cm³/mol. The lowest BCUT2D eigenvalue weighted by atomic mass is 10.1. The molecule has 0 aliphatic rings. The topological polar surface area (TPSA) is 65.2 Å². The number of pyridine rings is 1. The molecule has 0 spiro atoms. The SMILES string of the molecule is CN(C)C(=O)c1cccc(CNc2ccc3c(=O)[nH]ccc3c2)c1. The summed E-state index contributed by atoms with van der Waals surface area (Å²) >= 11 is 0. The van der Waals surface area contributed by atoms with Gasteiger partial charge in [-0.1, -0.05) is 12.1 Å². The van der Waals surface area contributed by atoms with Gasteiger partial charge in [0.05, 0.1) is 0 Å². The van der Waals surface area contributed by atoms with Crippen molar-refractivity contribution in [2.45, 2.75) is 6.54 Å². The Balaban J connectivity index is 1.77. The number of H-pyrrole nitrogens is 1. The summed E-state index contributed by atoms with van der Waals surface area (Å²) in [6.45, 7) is 0.600. The molecule has 2 aromatic carbocycles. The summed E-state index contributed by atoms with van der Waals surface area (Å²) in [7, 11) is 3.48. The molecule has 0 radical (unpaired) electrons. The van der Waals surface area contributed by atoms with Crippen LogP contribution < -0.4 is 10.9 Å². The molecule has 0 fully saturated rings. The molecule has 2 N–H and O–H groups in total. The summed E-state index contributed by atoms with van der Waals surface area (Å²) in [6, 6.07) is 15.1. The van der Waals surface area contributed by atoms with E-state index in [1.54, 1.807) is 25.2 Å². The van der Waals surface area contributed by atoms with Crippen molar-refractivity contribution in [3.05, 3.63) is 76.2 Å². The molecular weight excluding hydrogens is 302 g/mol. The Kier molecular flexibility index (Phi) is 4.33. The average Bonchev–Trinajstić information content (AvgIpc) is 2.59. The van der Waals surface area contributed by atoms with Gasteiger partial charge >= 0.3 is 0 Å². The van der Waals surface area contributed by atoms with Crippen LogP contribution in [0.4, 0.5) is 5.69 Å². The van der Waals surface area contributed by atoms with Gasteiger partial charge in [0.1, 0.15) is 0 Å². The number of nitrogens with one attached hydrogen (secondary N) is 2. The highest BCUT2D eigenvalue weighted by Crippen LogP contribution is 2.17. The van der Waals surface area contributed by atoms with Crippen LogP contribution in [0.5, 0.6) is 0 Å². The van der Waals surface area contributed by atoms with E-state index in [4.69, 9.17) is 0 Å². The highest BCUT2D eigenvalue weighted by atomic mass is 16.2. The van der Waals surface area contributed by atoms with Gasteiger partial charge in [-0.15, -0.1) is 0 Å². The number of anilines is 1. The van der Waals surface area contributed by atoms with Crippen molar-refractivity contribution >= 4 is 22.4 Å². The Morgan fingerprint density at radius 1 is 1.12 bits per heavy atom. The van der Waals surface area contributed by atoms with E-state index in [1.165, 1.54) is 0 Å². The minimum atomic E-state index is -0.0889. The van der Waals surface area contributed by atoms with Crippen LogP contribution in [0.2, 0.25) is 0 Å². The van der Waals surface area contributed by atoms with Gasteiger partial charge in [-0.3, -0.25) is 9.59 Å². The maximum absolute atomic E-state index is 12.0. The number of benzene rings is 2. The third-order valence-corrected chi connectivity index (χ3v) is 3.85. The first-order valence-corrected chi connectivity index (χ1v) is 7.70. The number of amides is 1. The molecule has 3 rings (SSSR count). The molecule has 0 unspecified atom stereocenters. The molecule has 0 atom stereocenters. The molecule has 0 saturated carbocycles. The molecular formula is C19H19N3O2. The van der Waals surface area contributed by atoms with Crippen molar-refractivity contribution in [1.29, 1.82) is 0 Å². The van der Waals surface area contributed by atoms with Crippen LogP contribution in [0.25, 0.3) is 10.8 Å². The van der Waals surface area contributed by atoms with Gasteiger partial charge < -0.3 is 15.2 Å². The van der Waals surface area contributed by atoms with Crippen molar-refractivity contribution in [2.24, 2.45) is 0 Å². The maximum Gasteiger partial charge on any atom is 0.255 e. The summed E-state index contributed by atoms with van der Waals surface area (Å²) in [5.41, 5.74) is 2.53. The van der Waals surface area contributed by atoms with Gasteiger partial charge in [-0.25, -0.2) is 0 Å². The molecule has 0 aliphatic heterocycles.